The fraction of sp³-hybridized carbons (Fsp3) is 0.235. The van der Waals surface area contributed by atoms with E-state index in [1.807, 2.05) is 30.3 Å². The Morgan fingerprint density at radius 1 is 1.00 bits per heavy atom. The molecule has 0 amide bonds. The Balaban J connectivity index is 1.92. The molecule has 19 heavy (non-hydrogen) atoms. The van der Waals surface area contributed by atoms with Gasteiger partial charge in [-0.2, -0.15) is 0 Å². The SMILES string of the molecule is O=C1OCCC1Cc1ccccc1-c1ccccc1. The van der Waals surface area contributed by atoms with Crippen molar-refractivity contribution >= 4 is 5.97 Å². The molecule has 1 heterocycles. The lowest BCUT2D eigenvalue weighted by Gasteiger charge is -2.11. The third kappa shape index (κ3) is 2.53. The van der Waals surface area contributed by atoms with Crippen molar-refractivity contribution < 1.29 is 9.53 Å². The van der Waals surface area contributed by atoms with Crippen LogP contribution in [0.2, 0.25) is 0 Å². The first-order valence-electron chi connectivity index (χ1n) is 6.64. The number of hydrogen-bond donors (Lipinski definition) is 0. The van der Waals surface area contributed by atoms with Crippen molar-refractivity contribution in [3.05, 3.63) is 60.2 Å². The quantitative estimate of drug-likeness (QED) is 0.782. The number of benzene rings is 2. The van der Waals surface area contributed by atoms with Crippen molar-refractivity contribution in [3.63, 3.8) is 0 Å². The largest absolute Gasteiger partial charge is 0.465 e. The second-order valence-electron chi connectivity index (χ2n) is 4.88. The van der Waals surface area contributed by atoms with Crippen LogP contribution in [0.15, 0.2) is 54.6 Å². The molecule has 0 radical (unpaired) electrons. The summed E-state index contributed by atoms with van der Waals surface area (Å²) in [4.78, 5) is 11.6. The van der Waals surface area contributed by atoms with E-state index in [0.29, 0.717) is 6.61 Å². The highest BCUT2D eigenvalue weighted by Gasteiger charge is 2.27. The highest BCUT2D eigenvalue weighted by molar-refractivity contribution is 5.75. The monoisotopic (exact) mass is 252 g/mol. The van der Waals surface area contributed by atoms with E-state index >= 15 is 0 Å². The molecule has 1 unspecified atom stereocenters. The Kier molecular flexibility index (Phi) is 3.32. The highest BCUT2D eigenvalue weighted by atomic mass is 16.5. The van der Waals surface area contributed by atoms with Gasteiger partial charge in [-0.25, -0.2) is 0 Å². The molecule has 0 aromatic heterocycles. The molecular formula is C17H16O2. The smallest absolute Gasteiger partial charge is 0.309 e. The molecule has 0 saturated carbocycles. The normalized spacial score (nSPS) is 18.3. The van der Waals surface area contributed by atoms with Gasteiger partial charge in [0, 0.05) is 0 Å². The van der Waals surface area contributed by atoms with Crippen LogP contribution < -0.4 is 0 Å². The average molecular weight is 252 g/mol. The van der Waals surface area contributed by atoms with E-state index in [1.165, 1.54) is 16.7 Å². The second-order valence-corrected chi connectivity index (χ2v) is 4.88. The number of hydrogen-bond acceptors (Lipinski definition) is 2. The summed E-state index contributed by atoms with van der Waals surface area (Å²) >= 11 is 0. The Morgan fingerprint density at radius 2 is 1.74 bits per heavy atom. The molecule has 0 N–H and O–H groups in total. The first-order chi connectivity index (χ1) is 9.34. The second kappa shape index (κ2) is 5.27. The molecule has 0 bridgehead atoms. The van der Waals surface area contributed by atoms with Crippen LogP contribution in [0, 0.1) is 5.92 Å². The highest BCUT2D eigenvalue weighted by Crippen LogP contribution is 2.28. The predicted octanol–water partition coefficient (Wildman–Crippen LogP) is 3.46. The van der Waals surface area contributed by atoms with Gasteiger partial charge in [-0.05, 0) is 29.5 Å². The zero-order chi connectivity index (χ0) is 13.1. The average Bonchev–Trinajstić information content (AvgIpc) is 2.86. The summed E-state index contributed by atoms with van der Waals surface area (Å²) < 4.78 is 5.04. The molecule has 1 saturated heterocycles. The predicted molar refractivity (Wildman–Crippen MR) is 74.6 cm³/mol. The van der Waals surface area contributed by atoms with Crippen molar-refractivity contribution in [3.8, 4) is 11.1 Å². The Bertz CT molecular complexity index is 575. The van der Waals surface area contributed by atoms with Crippen molar-refractivity contribution in [2.75, 3.05) is 6.61 Å². The summed E-state index contributed by atoms with van der Waals surface area (Å²) in [6.07, 6.45) is 1.60. The molecule has 2 nitrogen and oxygen atoms in total. The topological polar surface area (TPSA) is 26.3 Å². The zero-order valence-corrected chi connectivity index (χ0v) is 10.7. The van der Waals surface area contributed by atoms with Crippen molar-refractivity contribution in [2.45, 2.75) is 12.8 Å². The van der Waals surface area contributed by atoms with Crippen LogP contribution >= 0.6 is 0 Å². The zero-order valence-electron chi connectivity index (χ0n) is 10.7. The molecule has 2 aromatic carbocycles. The maximum atomic E-state index is 11.6. The molecule has 0 spiro atoms. The van der Waals surface area contributed by atoms with Crippen molar-refractivity contribution in [1.29, 1.82) is 0 Å². The van der Waals surface area contributed by atoms with Gasteiger partial charge in [-0.3, -0.25) is 4.79 Å². The van der Waals surface area contributed by atoms with E-state index in [4.69, 9.17) is 4.74 Å². The molecule has 96 valence electrons. The molecule has 3 rings (SSSR count). The summed E-state index contributed by atoms with van der Waals surface area (Å²) in [7, 11) is 0. The van der Waals surface area contributed by atoms with Crippen molar-refractivity contribution in [1.82, 2.24) is 0 Å². The third-order valence-corrected chi connectivity index (χ3v) is 3.61. The van der Waals surface area contributed by atoms with E-state index in [1.54, 1.807) is 0 Å². The molecular weight excluding hydrogens is 236 g/mol. The minimum Gasteiger partial charge on any atom is -0.465 e. The number of rotatable bonds is 3. The van der Waals surface area contributed by atoms with E-state index in [9.17, 15) is 4.79 Å². The lowest BCUT2D eigenvalue weighted by molar-refractivity contribution is -0.141. The van der Waals surface area contributed by atoms with Crippen LogP contribution in [0.3, 0.4) is 0 Å². The summed E-state index contributed by atoms with van der Waals surface area (Å²) in [5.41, 5.74) is 3.63. The Hall–Kier alpha value is -2.09. The van der Waals surface area contributed by atoms with Gasteiger partial charge >= 0.3 is 5.97 Å². The summed E-state index contributed by atoms with van der Waals surface area (Å²) in [6.45, 7) is 0.566. The van der Waals surface area contributed by atoms with Crippen molar-refractivity contribution in [2.24, 2.45) is 5.92 Å². The number of carbonyl (C=O) groups is 1. The molecule has 1 aliphatic heterocycles. The lowest BCUT2D eigenvalue weighted by atomic mass is 9.91. The summed E-state index contributed by atoms with van der Waals surface area (Å²) in [6, 6.07) is 18.6. The molecule has 2 heteroatoms. The Morgan fingerprint density at radius 3 is 2.47 bits per heavy atom. The fourth-order valence-electron chi connectivity index (χ4n) is 2.59. The minimum absolute atomic E-state index is 0.0184. The van der Waals surface area contributed by atoms with Gasteiger partial charge in [-0.1, -0.05) is 54.6 Å². The molecule has 1 atom stereocenters. The first kappa shape index (κ1) is 12.0. The molecule has 1 fully saturated rings. The van der Waals surface area contributed by atoms with Gasteiger partial charge in [0.15, 0.2) is 0 Å². The number of ether oxygens (including phenoxy) is 1. The van der Waals surface area contributed by atoms with E-state index in [0.717, 1.165) is 12.8 Å². The van der Waals surface area contributed by atoms with Crippen LogP contribution in [0.1, 0.15) is 12.0 Å². The number of carbonyl (C=O) groups excluding carboxylic acids is 1. The minimum atomic E-state index is -0.0529. The van der Waals surface area contributed by atoms with Gasteiger partial charge < -0.3 is 4.74 Å². The van der Waals surface area contributed by atoms with Crippen LogP contribution in [0.4, 0.5) is 0 Å². The van der Waals surface area contributed by atoms with Gasteiger partial charge in [0.25, 0.3) is 0 Å². The maximum Gasteiger partial charge on any atom is 0.309 e. The summed E-state index contributed by atoms with van der Waals surface area (Å²) in [5.74, 6) is -0.0345. The first-order valence-corrected chi connectivity index (χ1v) is 6.64. The molecule has 0 aliphatic carbocycles. The lowest BCUT2D eigenvalue weighted by Crippen LogP contribution is -2.11. The van der Waals surface area contributed by atoms with Gasteiger partial charge in [0.05, 0.1) is 12.5 Å². The summed E-state index contributed by atoms with van der Waals surface area (Å²) in [5, 5.41) is 0. The third-order valence-electron chi connectivity index (χ3n) is 3.61. The molecule has 1 aliphatic rings. The van der Waals surface area contributed by atoms with Gasteiger partial charge in [-0.15, -0.1) is 0 Å². The van der Waals surface area contributed by atoms with E-state index in [-0.39, 0.29) is 11.9 Å². The van der Waals surface area contributed by atoms with E-state index < -0.39 is 0 Å². The maximum absolute atomic E-state index is 11.6. The fourth-order valence-corrected chi connectivity index (χ4v) is 2.59. The number of cyclic esters (lactones) is 1. The van der Waals surface area contributed by atoms with Crippen LogP contribution in [-0.2, 0) is 16.0 Å². The van der Waals surface area contributed by atoms with Crippen LogP contribution in [0.5, 0.6) is 0 Å². The Labute approximate surface area is 113 Å². The van der Waals surface area contributed by atoms with Gasteiger partial charge in [0.1, 0.15) is 0 Å². The van der Waals surface area contributed by atoms with Crippen LogP contribution in [-0.4, -0.2) is 12.6 Å². The molecule has 2 aromatic rings. The van der Waals surface area contributed by atoms with Gasteiger partial charge in [0.2, 0.25) is 0 Å². The standard InChI is InChI=1S/C17H16O2/c18-17-15(10-11-19-17)12-14-8-4-5-9-16(14)13-6-2-1-3-7-13/h1-9,15H,10-12H2. The van der Waals surface area contributed by atoms with Crippen LogP contribution in [0.25, 0.3) is 11.1 Å². The van der Waals surface area contributed by atoms with E-state index in [2.05, 4.69) is 24.3 Å². The number of esters is 1.